The summed E-state index contributed by atoms with van der Waals surface area (Å²) < 4.78 is 5.38. The summed E-state index contributed by atoms with van der Waals surface area (Å²) in [6.07, 6.45) is 1.01. The molecule has 0 radical (unpaired) electrons. The van der Waals surface area contributed by atoms with E-state index in [0.717, 1.165) is 24.2 Å². The van der Waals surface area contributed by atoms with Gasteiger partial charge in [-0.15, -0.1) is 0 Å². The molecule has 0 bridgehead atoms. The normalized spacial score (nSPS) is 22.8. The third kappa shape index (κ3) is 2.94. The van der Waals surface area contributed by atoms with Gasteiger partial charge in [0.15, 0.2) is 0 Å². The van der Waals surface area contributed by atoms with E-state index in [0.29, 0.717) is 18.2 Å². The smallest absolute Gasteiger partial charge is 0.221 e. The van der Waals surface area contributed by atoms with Crippen LogP contribution in [0, 0.1) is 5.92 Å². The van der Waals surface area contributed by atoms with Crippen molar-refractivity contribution in [1.82, 2.24) is 4.90 Å². The Morgan fingerprint density at radius 3 is 2.85 bits per heavy atom. The number of methoxy groups -OCH3 is 1. The molecule has 1 aromatic carbocycles. The molecule has 0 aromatic heterocycles. The Kier molecular flexibility index (Phi) is 4.62. The molecule has 1 aromatic rings. The molecular weight excluding hydrogens is 254 g/mol. The van der Waals surface area contributed by atoms with Gasteiger partial charge in [-0.3, -0.25) is 9.69 Å². The van der Waals surface area contributed by atoms with Gasteiger partial charge in [-0.25, -0.2) is 0 Å². The molecule has 3 N–H and O–H groups in total. The van der Waals surface area contributed by atoms with Crippen molar-refractivity contribution < 1.29 is 9.53 Å². The van der Waals surface area contributed by atoms with Gasteiger partial charge in [0.1, 0.15) is 5.75 Å². The molecule has 5 nitrogen and oxygen atoms in total. The zero-order valence-electron chi connectivity index (χ0n) is 12.3. The van der Waals surface area contributed by atoms with Crippen LogP contribution in [-0.2, 0) is 4.79 Å². The maximum absolute atomic E-state index is 11.5. The lowest BCUT2D eigenvalue weighted by molar-refractivity contribution is -0.114. The number of nitrogens with zero attached hydrogens (tertiary/aromatic N) is 1. The first kappa shape index (κ1) is 14.8. The standard InChI is InChI=1S/C15H23N3O2/c1-10(19)17-15-12(5-4-6-14(15)20-3)13-7-11(8-16)9-18(13)2/h4-6,11,13H,7-9,16H2,1-3H3,(H,17,19). The van der Waals surface area contributed by atoms with Crippen LogP contribution in [0.5, 0.6) is 5.75 Å². The number of anilines is 1. The lowest BCUT2D eigenvalue weighted by atomic mass is 9.98. The lowest BCUT2D eigenvalue weighted by Gasteiger charge is -2.23. The summed E-state index contributed by atoms with van der Waals surface area (Å²) in [5.74, 6) is 1.11. The van der Waals surface area contributed by atoms with Gasteiger partial charge in [0, 0.05) is 19.5 Å². The predicted molar refractivity (Wildman–Crippen MR) is 79.8 cm³/mol. The maximum atomic E-state index is 11.5. The summed E-state index contributed by atoms with van der Waals surface area (Å²) in [4.78, 5) is 13.7. The monoisotopic (exact) mass is 277 g/mol. The van der Waals surface area contributed by atoms with Crippen molar-refractivity contribution in [1.29, 1.82) is 0 Å². The molecular formula is C15H23N3O2. The number of hydrogen-bond acceptors (Lipinski definition) is 4. The fourth-order valence-corrected chi connectivity index (χ4v) is 2.95. The highest BCUT2D eigenvalue weighted by atomic mass is 16.5. The molecule has 1 saturated heterocycles. The van der Waals surface area contributed by atoms with Crippen LogP contribution in [-0.4, -0.2) is 38.1 Å². The number of likely N-dealkylation sites (tertiary alicyclic amines) is 1. The number of rotatable bonds is 4. The van der Waals surface area contributed by atoms with Crippen LogP contribution in [0.1, 0.15) is 24.9 Å². The Hall–Kier alpha value is -1.59. The molecule has 1 aliphatic heterocycles. The second kappa shape index (κ2) is 6.24. The third-order valence-corrected chi connectivity index (χ3v) is 3.91. The highest BCUT2D eigenvalue weighted by Gasteiger charge is 2.32. The van der Waals surface area contributed by atoms with E-state index in [1.54, 1.807) is 7.11 Å². The lowest BCUT2D eigenvalue weighted by Crippen LogP contribution is -2.21. The third-order valence-electron chi connectivity index (χ3n) is 3.91. The molecule has 1 fully saturated rings. The van der Waals surface area contributed by atoms with E-state index in [1.807, 2.05) is 18.2 Å². The number of hydrogen-bond donors (Lipinski definition) is 2. The van der Waals surface area contributed by atoms with E-state index in [1.165, 1.54) is 6.92 Å². The number of nitrogens with two attached hydrogens (primary N) is 1. The largest absolute Gasteiger partial charge is 0.495 e. The second-order valence-electron chi connectivity index (χ2n) is 5.40. The topological polar surface area (TPSA) is 67.6 Å². The van der Waals surface area contributed by atoms with Gasteiger partial charge in [-0.1, -0.05) is 12.1 Å². The highest BCUT2D eigenvalue weighted by Crippen LogP contribution is 2.40. The Balaban J connectivity index is 2.37. The number of nitrogens with one attached hydrogen (secondary N) is 1. The summed E-state index contributed by atoms with van der Waals surface area (Å²) >= 11 is 0. The van der Waals surface area contributed by atoms with Crippen LogP contribution >= 0.6 is 0 Å². The maximum Gasteiger partial charge on any atom is 0.221 e. The molecule has 0 aliphatic carbocycles. The van der Waals surface area contributed by atoms with Gasteiger partial charge in [0.05, 0.1) is 12.8 Å². The Morgan fingerprint density at radius 1 is 1.55 bits per heavy atom. The van der Waals surface area contributed by atoms with Crippen LogP contribution < -0.4 is 15.8 Å². The first-order chi connectivity index (χ1) is 9.56. The molecule has 1 aliphatic rings. The molecule has 2 rings (SSSR count). The predicted octanol–water partition coefficient (Wildman–Crippen LogP) is 1.61. The molecule has 20 heavy (non-hydrogen) atoms. The number of carbonyl (C=O) groups is 1. The minimum absolute atomic E-state index is 0.0909. The van der Waals surface area contributed by atoms with E-state index < -0.39 is 0 Å². The van der Waals surface area contributed by atoms with Crippen LogP contribution in [0.4, 0.5) is 5.69 Å². The highest BCUT2D eigenvalue weighted by molar-refractivity contribution is 5.91. The zero-order valence-corrected chi connectivity index (χ0v) is 12.3. The van der Waals surface area contributed by atoms with E-state index in [4.69, 9.17) is 10.5 Å². The quantitative estimate of drug-likeness (QED) is 0.877. The fraction of sp³-hybridized carbons (Fsp3) is 0.533. The van der Waals surface area contributed by atoms with Crippen molar-refractivity contribution in [2.45, 2.75) is 19.4 Å². The average molecular weight is 277 g/mol. The molecule has 110 valence electrons. The summed E-state index contributed by atoms with van der Waals surface area (Å²) in [5.41, 5.74) is 7.66. The molecule has 1 amide bonds. The number of para-hydroxylation sites is 1. The summed E-state index contributed by atoms with van der Waals surface area (Å²) in [6, 6.07) is 6.14. The second-order valence-corrected chi connectivity index (χ2v) is 5.40. The molecule has 2 unspecified atom stereocenters. The van der Waals surface area contributed by atoms with Crippen LogP contribution in [0.15, 0.2) is 18.2 Å². The van der Waals surface area contributed by atoms with Crippen molar-refractivity contribution in [3.05, 3.63) is 23.8 Å². The van der Waals surface area contributed by atoms with E-state index in [-0.39, 0.29) is 11.9 Å². The fourth-order valence-electron chi connectivity index (χ4n) is 2.95. The SMILES string of the molecule is COc1cccc(C2CC(CN)CN2C)c1NC(C)=O. The molecule has 5 heteroatoms. The minimum atomic E-state index is -0.0909. The number of carbonyl (C=O) groups excluding carboxylic acids is 1. The number of benzene rings is 1. The van der Waals surface area contributed by atoms with Crippen LogP contribution in [0.2, 0.25) is 0 Å². The molecule has 2 atom stereocenters. The van der Waals surface area contributed by atoms with Gasteiger partial charge in [-0.05, 0) is 37.6 Å². The van der Waals surface area contributed by atoms with E-state index in [9.17, 15) is 4.79 Å². The zero-order chi connectivity index (χ0) is 14.7. The van der Waals surface area contributed by atoms with Gasteiger partial charge in [0.2, 0.25) is 5.91 Å². The first-order valence-electron chi connectivity index (χ1n) is 6.91. The molecule has 0 saturated carbocycles. The van der Waals surface area contributed by atoms with Crippen molar-refractivity contribution in [3.63, 3.8) is 0 Å². The average Bonchev–Trinajstić information content (AvgIpc) is 2.79. The van der Waals surface area contributed by atoms with Crippen molar-refractivity contribution in [3.8, 4) is 5.75 Å². The summed E-state index contributed by atoms with van der Waals surface area (Å²) in [7, 11) is 3.71. The van der Waals surface area contributed by atoms with Crippen molar-refractivity contribution >= 4 is 11.6 Å². The van der Waals surface area contributed by atoms with E-state index >= 15 is 0 Å². The summed E-state index contributed by atoms with van der Waals surface area (Å²) in [5, 5.41) is 2.90. The van der Waals surface area contributed by atoms with Crippen LogP contribution in [0.25, 0.3) is 0 Å². The van der Waals surface area contributed by atoms with Gasteiger partial charge in [0.25, 0.3) is 0 Å². The Labute approximate surface area is 120 Å². The van der Waals surface area contributed by atoms with Gasteiger partial charge in [-0.2, -0.15) is 0 Å². The van der Waals surface area contributed by atoms with E-state index in [2.05, 4.69) is 17.3 Å². The number of amides is 1. The Morgan fingerprint density at radius 2 is 2.30 bits per heavy atom. The minimum Gasteiger partial charge on any atom is -0.495 e. The molecule has 0 spiro atoms. The van der Waals surface area contributed by atoms with Crippen molar-refractivity contribution in [2.75, 3.05) is 32.6 Å². The number of ether oxygens (including phenoxy) is 1. The van der Waals surface area contributed by atoms with Gasteiger partial charge < -0.3 is 15.8 Å². The molecule has 1 heterocycles. The van der Waals surface area contributed by atoms with Gasteiger partial charge >= 0.3 is 0 Å². The first-order valence-corrected chi connectivity index (χ1v) is 6.91. The van der Waals surface area contributed by atoms with Crippen LogP contribution in [0.3, 0.4) is 0 Å². The summed E-state index contributed by atoms with van der Waals surface area (Å²) in [6.45, 7) is 3.19. The van der Waals surface area contributed by atoms with Crippen molar-refractivity contribution in [2.24, 2.45) is 11.7 Å². The Bertz CT molecular complexity index is 490.